The fourth-order valence-electron chi connectivity index (χ4n) is 3.38. The van der Waals surface area contributed by atoms with Crippen molar-refractivity contribution in [2.24, 2.45) is 17.1 Å². The van der Waals surface area contributed by atoms with Crippen LogP contribution in [0.3, 0.4) is 0 Å². The lowest BCUT2D eigenvalue weighted by Crippen LogP contribution is -2.50. The number of aliphatic carboxylic acids is 1. The summed E-state index contributed by atoms with van der Waals surface area (Å²) in [5.74, 6) is -1.43. The SMILES string of the molecule is COC(=O)[C@H](CSC1CCCCC1C(C)(C)C)NC(=O)[C@@H](N)CC(=O)O. The van der Waals surface area contributed by atoms with Gasteiger partial charge in [0.05, 0.1) is 19.6 Å². The Balaban J connectivity index is 2.71. The number of carboxylic acid groups (broad SMARTS) is 1. The number of nitrogens with two attached hydrogens (primary N) is 1. The van der Waals surface area contributed by atoms with E-state index in [4.69, 9.17) is 15.6 Å². The van der Waals surface area contributed by atoms with Crippen molar-refractivity contribution in [1.82, 2.24) is 5.32 Å². The first-order chi connectivity index (χ1) is 12.1. The summed E-state index contributed by atoms with van der Waals surface area (Å²) in [6.45, 7) is 6.71. The molecule has 0 saturated heterocycles. The number of carbonyl (C=O) groups is 3. The van der Waals surface area contributed by atoms with Gasteiger partial charge < -0.3 is 20.9 Å². The van der Waals surface area contributed by atoms with Crippen LogP contribution in [0.5, 0.6) is 0 Å². The van der Waals surface area contributed by atoms with Gasteiger partial charge >= 0.3 is 11.9 Å². The van der Waals surface area contributed by atoms with Crippen LogP contribution in [0, 0.1) is 11.3 Å². The fraction of sp³-hybridized carbons (Fsp3) is 0.833. The molecule has 1 aliphatic rings. The maximum absolute atomic E-state index is 12.1. The van der Waals surface area contributed by atoms with Crippen LogP contribution in [-0.2, 0) is 19.1 Å². The van der Waals surface area contributed by atoms with Crippen molar-refractivity contribution in [2.75, 3.05) is 12.9 Å². The molecule has 0 spiro atoms. The van der Waals surface area contributed by atoms with E-state index < -0.39 is 36.4 Å². The second kappa shape index (κ2) is 10.2. The number of ether oxygens (including phenoxy) is 1. The number of methoxy groups -OCH3 is 1. The lowest BCUT2D eigenvalue weighted by atomic mass is 9.72. The maximum atomic E-state index is 12.1. The summed E-state index contributed by atoms with van der Waals surface area (Å²) in [5.41, 5.74) is 5.76. The third-order valence-electron chi connectivity index (χ3n) is 4.83. The first-order valence-corrected chi connectivity index (χ1v) is 10.1. The molecule has 0 radical (unpaired) electrons. The van der Waals surface area contributed by atoms with E-state index in [1.165, 1.54) is 26.4 Å². The highest BCUT2D eigenvalue weighted by molar-refractivity contribution is 8.00. The number of hydrogen-bond acceptors (Lipinski definition) is 6. The summed E-state index contributed by atoms with van der Waals surface area (Å²) in [5, 5.41) is 11.7. The standard InChI is InChI=1S/C18H32N2O5S/c1-18(2,3)11-7-5-6-8-14(11)26-10-13(17(24)25-4)20-16(23)12(19)9-15(21)22/h11-14H,5-10,19H2,1-4H3,(H,20,23)(H,21,22)/t11?,12-,13-,14?/m0/s1. The van der Waals surface area contributed by atoms with Crippen molar-refractivity contribution in [3.05, 3.63) is 0 Å². The molecule has 26 heavy (non-hydrogen) atoms. The zero-order chi connectivity index (χ0) is 19.9. The highest BCUT2D eigenvalue weighted by atomic mass is 32.2. The third kappa shape index (κ3) is 7.15. The van der Waals surface area contributed by atoms with Gasteiger partial charge in [0, 0.05) is 11.0 Å². The minimum atomic E-state index is -1.19. The molecule has 0 aromatic rings. The van der Waals surface area contributed by atoms with Gasteiger partial charge in [-0.15, -0.1) is 0 Å². The Morgan fingerprint density at radius 2 is 1.88 bits per heavy atom. The lowest BCUT2D eigenvalue weighted by molar-refractivity contribution is -0.144. The molecule has 2 unspecified atom stereocenters. The first-order valence-electron chi connectivity index (χ1n) is 9.03. The first kappa shape index (κ1) is 22.8. The molecule has 4 atom stereocenters. The summed E-state index contributed by atoms with van der Waals surface area (Å²) >= 11 is 1.68. The third-order valence-corrected chi connectivity index (χ3v) is 6.34. The van der Waals surface area contributed by atoms with E-state index in [1.807, 2.05) is 0 Å². The van der Waals surface area contributed by atoms with Gasteiger partial charge in [-0.2, -0.15) is 11.8 Å². The zero-order valence-corrected chi connectivity index (χ0v) is 16.9. The second-order valence-corrected chi connectivity index (χ2v) is 9.19. The van der Waals surface area contributed by atoms with Crippen molar-refractivity contribution in [1.29, 1.82) is 0 Å². The smallest absolute Gasteiger partial charge is 0.329 e. The van der Waals surface area contributed by atoms with E-state index >= 15 is 0 Å². The maximum Gasteiger partial charge on any atom is 0.329 e. The number of amides is 1. The molecule has 0 bridgehead atoms. The molecular formula is C18H32N2O5S. The van der Waals surface area contributed by atoms with Crippen molar-refractivity contribution in [2.45, 2.75) is 70.2 Å². The molecular weight excluding hydrogens is 356 g/mol. The Morgan fingerprint density at radius 1 is 1.27 bits per heavy atom. The van der Waals surface area contributed by atoms with Gasteiger partial charge in [0.1, 0.15) is 6.04 Å². The van der Waals surface area contributed by atoms with Crippen molar-refractivity contribution >= 4 is 29.6 Å². The summed E-state index contributed by atoms with van der Waals surface area (Å²) in [7, 11) is 1.27. The molecule has 0 aromatic heterocycles. The molecule has 8 heteroatoms. The molecule has 1 aliphatic carbocycles. The molecule has 0 aliphatic heterocycles. The highest BCUT2D eigenvalue weighted by Gasteiger charge is 2.35. The van der Waals surface area contributed by atoms with Gasteiger partial charge in [0.15, 0.2) is 0 Å². The number of nitrogens with one attached hydrogen (secondary N) is 1. The van der Waals surface area contributed by atoms with Crippen LogP contribution >= 0.6 is 11.8 Å². The van der Waals surface area contributed by atoms with Crippen LogP contribution in [-0.4, -0.2) is 53.1 Å². The molecule has 1 amide bonds. The van der Waals surface area contributed by atoms with Crippen LogP contribution in [0.15, 0.2) is 0 Å². The largest absolute Gasteiger partial charge is 0.481 e. The average molecular weight is 389 g/mol. The van der Waals surface area contributed by atoms with Gasteiger partial charge in [-0.25, -0.2) is 4.79 Å². The quantitative estimate of drug-likeness (QED) is 0.542. The van der Waals surface area contributed by atoms with E-state index in [0.29, 0.717) is 16.9 Å². The second-order valence-electron chi connectivity index (χ2n) is 7.92. The Kier molecular flexibility index (Phi) is 8.89. The average Bonchev–Trinajstić information content (AvgIpc) is 2.56. The van der Waals surface area contributed by atoms with Crippen LogP contribution in [0.1, 0.15) is 52.9 Å². The number of carboxylic acids is 1. The lowest BCUT2D eigenvalue weighted by Gasteiger charge is -2.40. The number of hydrogen-bond donors (Lipinski definition) is 3. The predicted octanol–water partition coefficient (Wildman–Crippen LogP) is 1.78. The van der Waals surface area contributed by atoms with Gasteiger partial charge in [0.2, 0.25) is 5.91 Å². The molecule has 1 fully saturated rings. The summed E-state index contributed by atoms with van der Waals surface area (Å²) < 4.78 is 4.78. The summed E-state index contributed by atoms with van der Waals surface area (Å²) in [6, 6.07) is -2.03. The van der Waals surface area contributed by atoms with Crippen LogP contribution in [0.4, 0.5) is 0 Å². The van der Waals surface area contributed by atoms with E-state index in [1.54, 1.807) is 11.8 Å². The molecule has 4 N–H and O–H groups in total. The van der Waals surface area contributed by atoms with Crippen molar-refractivity contribution < 1.29 is 24.2 Å². The zero-order valence-electron chi connectivity index (χ0n) is 16.1. The highest BCUT2D eigenvalue weighted by Crippen LogP contribution is 2.43. The Hall–Kier alpha value is -1.28. The Labute approximate surface area is 159 Å². The number of esters is 1. The Bertz CT molecular complexity index is 506. The van der Waals surface area contributed by atoms with E-state index in [9.17, 15) is 14.4 Å². The van der Waals surface area contributed by atoms with Crippen LogP contribution < -0.4 is 11.1 Å². The van der Waals surface area contributed by atoms with Gasteiger partial charge in [-0.1, -0.05) is 33.6 Å². The molecule has 150 valence electrons. The van der Waals surface area contributed by atoms with Gasteiger partial charge in [0.25, 0.3) is 0 Å². The van der Waals surface area contributed by atoms with Gasteiger partial charge in [-0.05, 0) is 24.2 Å². The summed E-state index contributed by atoms with van der Waals surface area (Å²) in [6.07, 6.45) is 4.16. The monoisotopic (exact) mass is 388 g/mol. The van der Waals surface area contributed by atoms with Crippen molar-refractivity contribution in [3.8, 4) is 0 Å². The van der Waals surface area contributed by atoms with Crippen molar-refractivity contribution in [3.63, 3.8) is 0 Å². The van der Waals surface area contributed by atoms with E-state index in [0.717, 1.165) is 6.42 Å². The molecule has 7 nitrogen and oxygen atoms in total. The molecule has 0 heterocycles. The number of carbonyl (C=O) groups excluding carboxylic acids is 2. The number of thioether (sulfide) groups is 1. The topological polar surface area (TPSA) is 119 Å². The van der Waals surface area contributed by atoms with Gasteiger partial charge in [-0.3, -0.25) is 9.59 Å². The van der Waals surface area contributed by atoms with Crippen LogP contribution in [0.25, 0.3) is 0 Å². The van der Waals surface area contributed by atoms with E-state index in [2.05, 4.69) is 26.1 Å². The molecule has 1 saturated carbocycles. The molecule has 0 aromatic carbocycles. The minimum absolute atomic E-state index is 0.186. The Morgan fingerprint density at radius 3 is 2.42 bits per heavy atom. The normalized spacial score (nSPS) is 23.0. The van der Waals surface area contributed by atoms with Crippen LogP contribution in [0.2, 0.25) is 0 Å². The fourth-order valence-corrected chi connectivity index (χ4v) is 5.15. The minimum Gasteiger partial charge on any atom is -0.481 e. The predicted molar refractivity (Wildman–Crippen MR) is 102 cm³/mol. The van der Waals surface area contributed by atoms with E-state index in [-0.39, 0.29) is 5.41 Å². The molecule has 1 rings (SSSR count). The summed E-state index contributed by atoms with van der Waals surface area (Å²) in [4.78, 5) is 34.8. The number of rotatable bonds is 8.